The Kier molecular flexibility index (Phi) is 12.5. The predicted molar refractivity (Wildman–Crippen MR) is 181 cm³/mol. The molecule has 0 aliphatic heterocycles. The van der Waals surface area contributed by atoms with E-state index in [1.807, 2.05) is 44.2 Å². The Balaban J connectivity index is 1.42. The summed E-state index contributed by atoms with van der Waals surface area (Å²) in [6.07, 6.45) is 7.39. The molecule has 6 N–H and O–H groups in total. The van der Waals surface area contributed by atoms with Crippen LogP contribution in [0.1, 0.15) is 50.7 Å². The third-order valence-electron chi connectivity index (χ3n) is 7.57. The van der Waals surface area contributed by atoms with Crippen molar-refractivity contribution in [2.24, 2.45) is 5.73 Å². The number of amidine groups is 1. The second kappa shape index (κ2) is 16.5. The van der Waals surface area contributed by atoms with E-state index in [1.165, 1.54) is 4.57 Å². The molecule has 4 rings (SSSR count). The molecule has 0 spiro atoms. The SMILES string of the molecule is C=CC(CCNC(=N)CCOCC)NCc1ccc(-n2cc3cc(-c4cc(CCC[C@H](C)N)cc(Cl)c4F)[nH]c3nc2=O)cc1. The summed E-state index contributed by atoms with van der Waals surface area (Å²) in [5.41, 5.74) is 9.26. The lowest BCUT2D eigenvalue weighted by molar-refractivity contribution is 0.154. The third-order valence-corrected chi connectivity index (χ3v) is 7.85. The van der Waals surface area contributed by atoms with Gasteiger partial charge in [-0.1, -0.05) is 29.8 Å². The third kappa shape index (κ3) is 9.58. The number of nitrogens with two attached hydrogens (primary N) is 1. The number of hydrogen-bond acceptors (Lipinski definition) is 6. The summed E-state index contributed by atoms with van der Waals surface area (Å²) in [6.45, 7) is 10.3. The summed E-state index contributed by atoms with van der Waals surface area (Å²) in [5, 5.41) is 15.3. The minimum atomic E-state index is -0.523. The highest BCUT2D eigenvalue weighted by atomic mass is 35.5. The van der Waals surface area contributed by atoms with Crippen LogP contribution in [0, 0.1) is 11.2 Å². The van der Waals surface area contributed by atoms with Crippen LogP contribution in [-0.4, -0.2) is 52.2 Å². The van der Waals surface area contributed by atoms with E-state index >= 15 is 4.39 Å². The van der Waals surface area contributed by atoms with E-state index in [-0.39, 0.29) is 17.1 Å². The van der Waals surface area contributed by atoms with Crippen molar-refractivity contribution >= 4 is 28.5 Å². The van der Waals surface area contributed by atoms with Gasteiger partial charge in [0.15, 0.2) is 5.82 Å². The molecule has 0 amide bonds. The molecule has 2 aromatic heterocycles. The van der Waals surface area contributed by atoms with Gasteiger partial charge in [0.1, 0.15) is 5.65 Å². The molecule has 0 fully saturated rings. The van der Waals surface area contributed by atoms with Crippen LogP contribution in [0.2, 0.25) is 5.02 Å². The van der Waals surface area contributed by atoms with Crippen molar-refractivity contribution < 1.29 is 9.13 Å². The standard InChI is InChI=1S/C34H43ClFN7O2/c1-4-26(13-15-39-31(38)14-16-45-5-2)40-20-23-9-11-27(12-10-23)43-21-25-19-30(41-33(25)42-34(43)44)28-17-24(8-6-7-22(3)37)18-29(35)32(28)36/h4,9-12,17-19,21-22,26,40H,1,5-8,13-16,20,37H2,2-3H3,(H2,38,39)(H,41,42,44)/t22-,26?/m0/s1. The maximum absolute atomic E-state index is 15.1. The van der Waals surface area contributed by atoms with Crippen LogP contribution >= 0.6 is 11.6 Å². The van der Waals surface area contributed by atoms with Gasteiger partial charge in [-0.25, -0.2) is 9.18 Å². The number of hydrogen-bond donors (Lipinski definition) is 5. The van der Waals surface area contributed by atoms with Crippen molar-refractivity contribution in [2.45, 2.75) is 64.6 Å². The second-order valence-electron chi connectivity index (χ2n) is 11.2. The minimum Gasteiger partial charge on any atom is -0.381 e. The zero-order valence-electron chi connectivity index (χ0n) is 26.0. The largest absolute Gasteiger partial charge is 0.381 e. The molecule has 11 heteroatoms. The number of halogens is 2. The van der Waals surface area contributed by atoms with Crippen molar-refractivity contribution in [1.29, 1.82) is 5.41 Å². The lowest BCUT2D eigenvalue weighted by atomic mass is 10.0. The fraction of sp³-hybridized carbons (Fsp3) is 0.382. The summed E-state index contributed by atoms with van der Waals surface area (Å²) in [7, 11) is 0. The minimum absolute atomic E-state index is 0.0500. The molecule has 4 aromatic rings. The summed E-state index contributed by atoms with van der Waals surface area (Å²) >= 11 is 6.25. The van der Waals surface area contributed by atoms with E-state index in [4.69, 9.17) is 27.5 Å². The summed E-state index contributed by atoms with van der Waals surface area (Å²) in [5.74, 6) is -0.0549. The molecule has 2 atom stereocenters. The first-order chi connectivity index (χ1) is 21.7. The Morgan fingerprint density at radius 1 is 1.24 bits per heavy atom. The van der Waals surface area contributed by atoms with Crippen molar-refractivity contribution in [3.05, 3.63) is 93.8 Å². The van der Waals surface area contributed by atoms with Crippen molar-refractivity contribution in [2.75, 3.05) is 19.8 Å². The molecule has 0 aliphatic rings. The van der Waals surface area contributed by atoms with E-state index < -0.39 is 11.5 Å². The zero-order valence-corrected chi connectivity index (χ0v) is 26.7. The highest BCUT2D eigenvalue weighted by molar-refractivity contribution is 6.31. The summed E-state index contributed by atoms with van der Waals surface area (Å²) < 4.78 is 21.9. The molecule has 0 radical (unpaired) electrons. The highest BCUT2D eigenvalue weighted by Crippen LogP contribution is 2.31. The molecule has 2 aromatic carbocycles. The molecule has 1 unspecified atom stereocenters. The van der Waals surface area contributed by atoms with Crippen LogP contribution in [0.3, 0.4) is 0 Å². The van der Waals surface area contributed by atoms with Gasteiger partial charge in [0, 0.05) is 55.3 Å². The number of aromatic amines is 1. The van der Waals surface area contributed by atoms with Crippen molar-refractivity contribution in [3.63, 3.8) is 0 Å². The van der Waals surface area contributed by atoms with E-state index in [0.29, 0.717) is 66.5 Å². The van der Waals surface area contributed by atoms with Crippen LogP contribution in [0.4, 0.5) is 4.39 Å². The number of benzene rings is 2. The predicted octanol–water partition coefficient (Wildman–Crippen LogP) is 5.87. The van der Waals surface area contributed by atoms with Gasteiger partial charge in [-0.15, -0.1) is 6.58 Å². The van der Waals surface area contributed by atoms with E-state index in [0.717, 1.165) is 36.8 Å². The molecule has 2 heterocycles. The van der Waals surface area contributed by atoms with Gasteiger partial charge in [0.25, 0.3) is 0 Å². The molecule has 0 bridgehead atoms. The maximum atomic E-state index is 15.1. The van der Waals surface area contributed by atoms with Crippen LogP contribution in [-0.2, 0) is 17.7 Å². The molecular formula is C34H43ClFN7O2. The van der Waals surface area contributed by atoms with Gasteiger partial charge in [-0.05, 0) is 81.0 Å². The van der Waals surface area contributed by atoms with Gasteiger partial charge in [0.2, 0.25) is 0 Å². The highest BCUT2D eigenvalue weighted by Gasteiger charge is 2.16. The molecule has 0 saturated carbocycles. The first-order valence-corrected chi connectivity index (χ1v) is 15.8. The van der Waals surface area contributed by atoms with E-state index in [1.54, 1.807) is 24.4 Å². The number of fused-ring (bicyclic) bond motifs is 1. The Bertz CT molecular complexity index is 1650. The van der Waals surface area contributed by atoms with Crippen LogP contribution < -0.4 is 22.1 Å². The Morgan fingerprint density at radius 2 is 2.02 bits per heavy atom. The first-order valence-electron chi connectivity index (χ1n) is 15.4. The van der Waals surface area contributed by atoms with Gasteiger partial charge >= 0.3 is 5.69 Å². The van der Waals surface area contributed by atoms with Gasteiger partial charge < -0.3 is 26.1 Å². The fourth-order valence-corrected chi connectivity index (χ4v) is 5.29. The van der Waals surface area contributed by atoms with E-state index in [2.05, 4.69) is 27.2 Å². The molecule has 0 saturated heterocycles. The maximum Gasteiger partial charge on any atom is 0.354 e. The quantitative estimate of drug-likeness (QED) is 0.0426. The zero-order chi connectivity index (χ0) is 32.3. The lowest BCUT2D eigenvalue weighted by Crippen LogP contribution is -2.32. The Hall–Kier alpha value is -3.83. The Labute approximate surface area is 268 Å². The number of H-pyrrole nitrogens is 1. The molecule has 240 valence electrons. The van der Waals surface area contributed by atoms with Crippen LogP contribution in [0.5, 0.6) is 0 Å². The molecule has 9 nitrogen and oxygen atoms in total. The molecule has 0 aliphatic carbocycles. The normalized spacial score (nSPS) is 12.7. The van der Waals surface area contributed by atoms with Gasteiger partial charge in [0.05, 0.1) is 28.8 Å². The smallest absolute Gasteiger partial charge is 0.354 e. The molecular weight excluding hydrogens is 593 g/mol. The number of nitrogens with zero attached hydrogens (tertiary/aromatic N) is 2. The average molecular weight is 636 g/mol. The van der Waals surface area contributed by atoms with Crippen molar-refractivity contribution in [3.8, 4) is 16.9 Å². The monoisotopic (exact) mass is 635 g/mol. The number of nitrogens with one attached hydrogen (secondary N) is 4. The van der Waals surface area contributed by atoms with Crippen LogP contribution in [0.25, 0.3) is 28.0 Å². The van der Waals surface area contributed by atoms with Gasteiger partial charge in [-0.3, -0.25) is 9.98 Å². The summed E-state index contributed by atoms with van der Waals surface area (Å²) in [6, 6.07) is 13.0. The van der Waals surface area contributed by atoms with E-state index in [9.17, 15) is 4.79 Å². The summed E-state index contributed by atoms with van der Waals surface area (Å²) in [4.78, 5) is 20.3. The Morgan fingerprint density at radius 3 is 2.73 bits per heavy atom. The number of aryl methyl sites for hydroxylation is 1. The fourth-order valence-electron chi connectivity index (χ4n) is 5.05. The lowest BCUT2D eigenvalue weighted by Gasteiger charge is -2.16. The number of ether oxygens (including phenoxy) is 1. The van der Waals surface area contributed by atoms with Gasteiger partial charge in [-0.2, -0.15) is 4.98 Å². The topological polar surface area (TPSA) is 134 Å². The first kappa shape index (κ1) is 34.1. The van der Waals surface area contributed by atoms with Crippen molar-refractivity contribution in [1.82, 2.24) is 25.2 Å². The second-order valence-corrected chi connectivity index (χ2v) is 11.6. The molecule has 45 heavy (non-hydrogen) atoms. The average Bonchev–Trinajstić information content (AvgIpc) is 3.43. The van der Waals surface area contributed by atoms with Crippen LogP contribution in [0.15, 0.2) is 66.1 Å². The number of aromatic nitrogens is 3. The number of rotatable bonds is 17.